The number of unbranched alkanes of at least 4 members (excludes halogenated alkanes) is 1. The number of anilines is 1. The van der Waals surface area contributed by atoms with Gasteiger partial charge in [-0.2, -0.15) is 0 Å². The fourth-order valence-electron chi connectivity index (χ4n) is 1.67. The fraction of sp³-hybridized carbons (Fsp3) is 0.500. The summed E-state index contributed by atoms with van der Waals surface area (Å²) < 4.78 is 5.66. The first-order chi connectivity index (χ1) is 8.13. The van der Waals surface area contributed by atoms with Gasteiger partial charge in [0.25, 0.3) is 5.52 Å². The van der Waals surface area contributed by atoms with Gasteiger partial charge in [0.05, 0.1) is 6.61 Å². The molecule has 0 atom stereocenters. The number of hydrogen-bond donors (Lipinski definition) is 2. The molecule has 0 aliphatic carbocycles. The minimum Gasteiger partial charge on any atom is -0.477 e. The zero-order valence-corrected chi connectivity index (χ0v) is 10.6. The molecule has 92 valence electrons. The highest BCUT2D eigenvalue weighted by Crippen LogP contribution is 2.25. The van der Waals surface area contributed by atoms with Gasteiger partial charge in [0.1, 0.15) is 5.69 Å². The van der Waals surface area contributed by atoms with Crippen molar-refractivity contribution >= 4 is 16.9 Å². The molecule has 0 aliphatic heterocycles. The molecule has 2 aromatic heterocycles. The smallest absolute Gasteiger partial charge is 0.275 e. The normalized spacial score (nSPS) is 11.0. The number of aromatic nitrogens is 3. The van der Waals surface area contributed by atoms with Crippen LogP contribution in [0.5, 0.6) is 5.88 Å². The van der Waals surface area contributed by atoms with E-state index in [2.05, 4.69) is 21.9 Å². The predicted octanol–water partition coefficient (Wildman–Crippen LogP) is 1.75. The Bertz CT molecular complexity index is 533. The molecule has 5 heteroatoms. The van der Waals surface area contributed by atoms with Crippen molar-refractivity contribution in [1.29, 1.82) is 0 Å². The molecule has 2 rings (SSSR count). The van der Waals surface area contributed by atoms with Crippen LogP contribution in [0.2, 0.25) is 0 Å². The lowest BCUT2D eigenvalue weighted by Gasteiger charge is -2.01. The lowest BCUT2D eigenvalue weighted by atomic mass is 10.3. The second kappa shape index (κ2) is 4.61. The van der Waals surface area contributed by atoms with Crippen molar-refractivity contribution in [2.24, 2.45) is 0 Å². The van der Waals surface area contributed by atoms with E-state index in [1.165, 1.54) is 0 Å². The summed E-state index contributed by atoms with van der Waals surface area (Å²) in [6.45, 7) is 6.75. The van der Waals surface area contributed by atoms with E-state index in [1.807, 2.05) is 13.8 Å². The number of nitrogen functional groups attached to an aromatic ring is 1. The Morgan fingerprint density at radius 1 is 1.41 bits per heavy atom. The van der Waals surface area contributed by atoms with Crippen LogP contribution in [0.3, 0.4) is 0 Å². The molecule has 0 aliphatic rings. The predicted molar refractivity (Wildman–Crippen MR) is 66.9 cm³/mol. The number of ether oxygens (including phenoxy) is 1. The molecule has 0 spiro atoms. The van der Waals surface area contributed by atoms with E-state index >= 15 is 0 Å². The molecule has 0 saturated heterocycles. The summed E-state index contributed by atoms with van der Waals surface area (Å²) in [6.07, 6.45) is 2.13. The quantitative estimate of drug-likeness (QED) is 0.792. The van der Waals surface area contributed by atoms with E-state index < -0.39 is 0 Å². The first-order valence-corrected chi connectivity index (χ1v) is 5.94. The topological polar surface area (TPSA) is 78.1 Å². The molecule has 4 N–H and O–H groups in total. The van der Waals surface area contributed by atoms with Crippen LogP contribution in [0.4, 0.5) is 5.82 Å². The van der Waals surface area contributed by atoms with Crippen molar-refractivity contribution in [3.63, 3.8) is 0 Å². The molecule has 0 amide bonds. The number of nitrogens with two attached hydrogens (primary N) is 1. The summed E-state index contributed by atoms with van der Waals surface area (Å²) in [5.41, 5.74) is 9.46. The average molecular weight is 235 g/mol. The molecule has 0 saturated carbocycles. The van der Waals surface area contributed by atoms with Crippen molar-refractivity contribution in [3.8, 4) is 5.88 Å². The van der Waals surface area contributed by atoms with Crippen LogP contribution < -0.4 is 15.5 Å². The number of aromatic amines is 2. The van der Waals surface area contributed by atoms with Gasteiger partial charge in [0, 0.05) is 6.92 Å². The Morgan fingerprint density at radius 2 is 2.18 bits per heavy atom. The van der Waals surface area contributed by atoms with Crippen molar-refractivity contribution in [2.45, 2.75) is 33.6 Å². The summed E-state index contributed by atoms with van der Waals surface area (Å²) >= 11 is 0. The Labute approximate surface area is 100 Å². The van der Waals surface area contributed by atoms with Gasteiger partial charge in [-0.25, -0.2) is 9.97 Å². The van der Waals surface area contributed by atoms with Crippen LogP contribution in [-0.4, -0.2) is 16.6 Å². The number of aryl methyl sites for hydroxylation is 2. The van der Waals surface area contributed by atoms with Gasteiger partial charge in [-0.3, -0.25) is 0 Å². The second-order valence-electron chi connectivity index (χ2n) is 4.24. The van der Waals surface area contributed by atoms with E-state index in [-0.39, 0.29) is 0 Å². The number of nitrogens with zero attached hydrogens (tertiary/aromatic N) is 1. The van der Waals surface area contributed by atoms with Crippen LogP contribution in [0.1, 0.15) is 31.2 Å². The van der Waals surface area contributed by atoms with Gasteiger partial charge in [-0.1, -0.05) is 13.3 Å². The zero-order chi connectivity index (χ0) is 12.4. The van der Waals surface area contributed by atoms with Gasteiger partial charge < -0.3 is 15.5 Å². The summed E-state index contributed by atoms with van der Waals surface area (Å²) in [7, 11) is 0. The number of H-pyrrole nitrogens is 2. The first kappa shape index (κ1) is 11.7. The molecule has 0 aromatic carbocycles. The van der Waals surface area contributed by atoms with Crippen molar-refractivity contribution in [3.05, 3.63) is 11.4 Å². The number of rotatable bonds is 4. The highest BCUT2D eigenvalue weighted by atomic mass is 16.5. The van der Waals surface area contributed by atoms with Crippen molar-refractivity contribution < 1.29 is 9.72 Å². The molecule has 5 nitrogen and oxygen atoms in total. The zero-order valence-electron chi connectivity index (χ0n) is 10.6. The number of nitrogens with one attached hydrogen (secondary N) is 2. The molecule has 0 unspecified atom stereocenters. The molecule has 0 radical (unpaired) electrons. The summed E-state index contributed by atoms with van der Waals surface area (Å²) in [6, 6.07) is 0. The third-order valence-corrected chi connectivity index (χ3v) is 2.85. The molecular weight excluding hydrogens is 216 g/mol. The van der Waals surface area contributed by atoms with Crippen molar-refractivity contribution in [1.82, 2.24) is 9.97 Å². The Hall–Kier alpha value is -1.78. The van der Waals surface area contributed by atoms with E-state index in [1.54, 1.807) is 0 Å². The van der Waals surface area contributed by atoms with E-state index in [0.717, 1.165) is 35.3 Å². The summed E-state index contributed by atoms with van der Waals surface area (Å²) in [5, 5.41) is 0. The standard InChI is InChI=1S/C12H18N4O/c1-4-5-6-17-12-10-9(11(13)16-12)14-7(2)8(3)15-10/h16H,4-6,13H2,1-3H3/p+1. The second-order valence-corrected chi connectivity index (χ2v) is 4.24. The lowest BCUT2D eigenvalue weighted by molar-refractivity contribution is -0.355. The van der Waals surface area contributed by atoms with Gasteiger partial charge in [0.15, 0.2) is 17.0 Å². The first-order valence-electron chi connectivity index (χ1n) is 5.94. The largest absolute Gasteiger partial charge is 0.477 e. The molecule has 2 aromatic rings. The summed E-state index contributed by atoms with van der Waals surface area (Å²) in [4.78, 5) is 10.8. The van der Waals surface area contributed by atoms with Crippen LogP contribution in [0.15, 0.2) is 0 Å². The highest BCUT2D eigenvalue weighted by molar-refractivity contribution is 5.87. The minimum absolute atomic E-state index is 0.571. The van der Waals surface area contributed by atoms with Gasteiger partial charge >= 0.3 is 0 Å². The third-order valence-electron chi connectivity index (χ3n) is 2.85. The summed E-state index contributed by atoms with van der Waals surface area (Å²) in [5.74, 6) is 1.23. The lowest BCUT2D eigenvalue weighted by Crippen LogP contribution is -2.12. The van der Waals surface area contributed by atoms with Gasteiger partial charge in [0.2, 0.25) is 5.88 Å². The molecule has 2 heterocycles. The van der Waals surface area contributed by atoms with E-state index in [0.29, 0.717) is 18.3 Å². The van der Waals surface area contributed by atoms with Gasteiger partial charge in [-0.05, 0) is 13.3 Å². The number of fused-ring (bicyclic) bond motifs is 1. The minimum atomic E-state index is 0.571. The Morgan fingerprint density at radius 3 is 2.88 bits per heavy atom. The Balaban J connectivity index is 2.40. The van der Waals surface area contributed by atoms with Crippen LogP contribution >= 0.6 is 0 Å². The molecular formula is C12H19N4O+. The van der Waals surface area contributed by atoms with E-state index in [4.69, 9.17) is 10.5 Å². The Kier molecular flexibility index (Phi) is 3.17. The molecule has 0 bridgehead atoms. The van der Waals surface area contributed by atoms with Gasteiger partial charge in [-0.15, -0.1) is 0 Å². The highest BCUT2D eigenvalue weighted by Gasteiger charge is 2.19. The number of hydrogen-bond acceptors (Lipinski definition) is 3. The van der Waals surface area contributed by atoms with Crippen LogP contribution in [0, 0.1) is 13.8 Å². The van der Waals surface area contributed by atoms with Crippen LogP contribution in [-0.2, 0) is 0 Å². The monoisotopic (exact) mass is 235 g/mol. The maximum absolute atomic E-state index is 5.89. The third kappa shape index (κ3) is 2.18. The van der Waals surface area contributed by atoms with Crippen molar-refractivity contribution in [2.75, 3.05) is 12.3 Å². The molecule has 17 heavy (non-hydrogen) atoms. The van der Waals surface area contributed by atoms with Crippen LogP contribution in [0.25, 0.3) is 11.0 Å². The van der Waals surface area contributed by atoms with E-state index in [9.17, 15) is 0 Å². The fourth-order valence-corrected chi connectivity index (χ4v) is 1.67. The molecule has 0 fully saturated rings. The maximum Gasteiger partial charge on any atom is 0.275 e. The maximum atomic E-state index is 5.89. The SMILES string of the molecule is CCCCOc1[nH]c(N)c2[nH+]c(C)c(C)nc12. The average Bonchev–Trinajstić information content (AvgIpc) is 2.58.